The number of rotatable bonds is 4. The third kappa shape index (κ3) is 3.16. The van der Waals surface area contributed by atoms with Gasteiger partial charge < -0.3 is 20.6 Å². The first-order valence-corrected chi connectivity index (χ1v) is 9.74. The summed E-state index contributed by atoms with van der Waals surface area (Å²) in [5, 5.41) is 18.0. The highest BCUT2D eigenvalue weighted by atomic mass is 16.3. The van der Waals surface area contributed by atoms with E-state index in [0.717, 1.165) is 48.3 Å². The minimum absolute atomic E-state index is 0.0954. The predicted molar refractivity (Wildman–Crippen MR) is 110 cm³/mol. The number of nitrogens with two attached hydrogens (primary N) is 1. The highest BCUT2D eigenvalue weighted by Gasteiger charge is 2.22. The highest BCUT2D eigenvalue weighted by molar-refractivity contribution is 5.81. The molecule has 1 aliphatic heterocycles. The van der Waals surface area contributed by atoms with Gasteiger partial charge in [-0.2, -0.15) is 5.10 Å². The standard InChI is InChI=1S/C21H22N6O2/c22-20-15(21-26-17-3-1-2-4-19(17)29-21)9-13(10-24-20)16-11-25-27(18(16)12-28)14-5-7-23-8-6-14/h1-4,9-11,14,23,28H,5-8,12H2,(H2,22,24). The molecular weight excluding hydrogens is 368 g/mol. The number of aromatic nitrogens is 4. The summed E-state index contributed by atoms with van der Waals surface area (Å²) in [6.07, 6.45) is 5.46. The van der Waals surface area contributed by atoms with Gasteiger partial charge in [-0.15, -0.1) is 0 Å². The number of aliphatic hydroxyl groups is 1. The lowest BCUT2D eigenvalue weighted by Crippen LogP contribution is -2.30. The monoisotopic (exact) mass is 390 g/mol. The van der Waals surface area contributed by atoms with E-state index in [1.54, 1.807) is 12.4 Å². The van der Waals surface area contributed by atoms with E-state index in [1.165, 1.54) is 0 Å². The maximum absolute atomic E-state index is 10.1. The fourth-order valence-electron chi connectivity index (χ4n) is 3.93. The van der Waals surface area contributed by atoms with Crippen molar-refractivity contribution in [1.82, 2.24) is 25.1 Å². The highest BCUT2D eigenvalue weighted by Crippen LogP contribution is 2.33. The van der Waals surface area contributed by atoms with Crippen LogP contribution in [0.4, 0.5) is 5.82 Å². The van der Waals surface area contributed by atoms with Crippen molar-refractivity contribution in [2.45, 2.75) is 25.5 Å². The second-order valence-electron chi connectivity index (χ2n) is 7.23. The minimum atomic E-state index is -0.0954. The lowest BCUT2D eigenvalue weighted by molar-refractivity contribution is 0.251. The largest absolute Gasteiger partial charge is 0.436 e. The van der Waals surface area contributed by atoms with Crippen molar-refractivity contribution < 1.29 is 9.52 Å². The molecule has 1 fully saturated rings. The fraction of sp³-hybridized carbons (Fsp3) is 0.286. The Morgan fingerprint density at radius 2 is 2.00 bits per heavy atom. The summed E-state index contributed by atoms with van der Waals surface area (Å²) in [6.45, 7) is 1.81. The molecular formula is C21H22N6O2. The Hall–Kier alpha value is -3.23. The number of piperidine rings is 1. The van der Waals surface area contributed by atoms with Gasteiger partial charge >= 0.3 is 0 Å². The third-order valence-corrected chi connectivity index (χ3v) is 5.46. The van der Waals surface area contributed by atoms with Gasteiger partial charge in [0.1, 0.15) is 11.3 Å². The van der Waals surface area contributed by atoms with E-state index >= 15 is 0 Å². The van der Waals surface area contributed by atoms with E-state index in [-0.39, 0.29) is 12.6 Å². The zero-order valence-electron chi connectivity index (χ0n) is 15.9. The van der Waals surface area contributed by atoms with E-state index in [9.17, 15) is 5.11 Å². The molecule has 3 aromatic heterocycles. The molecule has 148 valence electrons. The summed E-state index contributed by atoms with van der Waals surface area (Å²) in [4.78, 5) is 8.88. The summed E-state index contributed by atoms with van der Waals surface area (Å²) in [5.41, 5.74) is 10.7. The average Bonchev–Trinajstić information content (AvgIpc) is 3.39. The van der Waals surface area contributed by atoms with Crippen molar-refractivity contribution in [3.8, 4) is 22.6 Å². The van der Waals surface area contributed by atoms with Crippen LogP contribution in [0.3, 0.4) is 0 Å². The summed E-state index contributed by atoms with van der Waals surface area (Å²) < 4.78 is 7.82. The summed E-state index contributed by atoms with van der Waals surface area (Å²) >= 11 is 0. The summed E-state index contributed by atoms with van der Waals surface area (Å²) in [6, 6.07) is 9.75. The smallest absolute Gasteiger partial charge is 0.231 e. The molecule has 1 aromatic carbocycles. The number of pyridine rings is 1. The number of nitrogens with one attached hydrogen (secondary N) is 1. The summed E-state index contributed by atoms with van der Waals surface area (Å²) in [7, 11) is 0. The molecule has 0 saturated carbocycles. The molecule has 0 atom stereocenters. The average molecular weight is 390 g/mol. The van der Waals surface area contributed by atoms with Crippen molar-refractivity contribution >= 4 is 16.9 Å². The first kappa shape index (κ1) is 17.8. The van der Waals surface area contributed by atoms with Crippen LogP contribution in [0.5, 0.6) is 0 Å². The Morgan fingerprint density at radius 1 is 1.17 bits per heavy atom. The Balaban J connectivity index is 1.57. The van der Waals surface area contributed by atoms with Crippen LogP contribution in [0, 0.1) is 0 Å². The van der Waals surface area contributed by atoms with Crippen LogP contribution < -0.4 is 11.1 Å². The van der Waals surface area contributed by atoms with Crippen LogP contribution in [0.1, 0.15) is 24.6 Å². The number of benzene rings is 1. The van der Waals surface area contributed by atoms with Gasteiger partial charge in [0.2, 0.25) is 5.89 Å². The van der Waals surface area contributed by atoms with Gasteiger partial charge in [-0.25, -0.2) is 9.97 Å². The van der Waals surface area contributed by atoms with Crippen LogP contribution in [-0.4, -0.2) is 37.9 Å². The normalized spacial score (nSPS) is 15.2. The number of fused-ring (bicyclic) bond motifs is 1. The van der Waals surface area contributed by atoms with Gasteiger partial charge in [-0.3, -0.25) is 4.68 Å². The first-order chi connectivity index (χ1) is 14.2. The second kappa shape index (κ2) is 7.31. The van der Waals surface area contributed by atoms with Crippen LogP contribution in [-0.2, 0) is 6.61 Å². The maximum atomic E-state index is 10.1. The lowest BCUT2D eigenvalue weighted by Gasteiger charge is -2.24. The van der Waals surface area contributed by atoms with Crippen molar-refractivity contribution in [2.24, 2.45) is 0 Å². The Labute approximate surface area is 167 Å². The second-order valence-corrected chi connectivity index (χ2v) is 7.23. The fourth-order valence-corrected chi connectivity index (χ4v) is 3.93. The number of hydrogen-bond acceptors (Lipinski definition) is 7. The number of nitrogens with zero attached hydrogens (tertiary/aromatic N) is 4. The van der Waals surface area contributed by atoms with Crippen LogP contribution in [0.25, 0.3) is 33.7 Å². The molecule has 0 amide bonds. The van der Waals surface area contributed by atoms with E-state index in [0.29, 0.717) is 22.9 Å². The number of aliphatic hydroxyl groups excluding tert-OH is 1. The van der Waals surface area contributed by atoms with E-state index < -0.39 is 0 Å². The SMILES string of the molecule is Nc1ncc(-c2cnn(C3CCNCC3)c2CO)cc1-c1nc2ccccc2o1. The number of nitrogen functional groups attached to an aromatic ring is 1. The van der Waals surface area contributed by atoms with Gasteiger partial charge in [0.05, 0.1) is 30.1 Å². The van der Waals surface area contributed by atoms with E-state index in [4.69, 9.17) is 10.2 Å². The minimum Gasteiger partial charge on any atom is -0.436 e. The quantitative estimate of drug-likeness (QED) is 0.491. The number of anilines is 1. The van der Waals surface area contributed by atoms with Crippen LogP contribution >= 0.6 is 0 Å². The molecule has 8 heteroatoms. The van der Waals surface area contributed by atoms with E-state index in [2.05, 4.69) is 20.4 Å². The third-order valence-electron chi connectivity index (χ3n) is 5.46. The van der Waals surface area contributed by atoms with Crippen molar-refractivity contribution in [2.75, 3.05) is 18.8 Å². The molecule has 4 N–H and O–H groups in total. The molecule has 4 aromatic rings. The zero-order chi connectivity index (χ0) is 19.8. The van der Waals surface area contributed by atoms with Crippen LogP contribution in [0.2, 0.25) is 0 Å². The number of para-hydroxylation sites is 2. The maximum Gasteiger partial charge on any atom is 0.231 e. The Bertz CT molecular complexity index is 1130. The summed E-state index contributed by atoms with van der Waals surface area (Å²) in [5.74, 6) is 0.769. The predicted octanol–water partition coefficient (Wildman–Crippen LogP) is 2.75. The lowest BCUT2D eigenvalue weighted by atomic mass is 10.0. The molecule has 1 aliphatic rings. The molecule has 29 heavy (non-hydrogen) atoms. The molecule has 0 aliphatic carbocycles. The Morgan fingerprint density at radius 3 is 2.79 bits per heavy atom. The van der Waals surface area contributed by atoms with Crippen molar-refractivity contribution in [3.63, 3.8) is 0 Å². The van der Waals surface area contributed by atoms with Gasteiger partial charge in [0.25, 0.3) is 0 Å². The molecule has 0 spiro atoms. The van der Waals surface area contributed by atoms with Gasteiger partial charge in [-0.05, 0) is 44.1 Å². The number of oxazole rings is 1. The van der Waals surface area contributed by atoms with Crippen molar-refractivity contribution in [3.05, 3.63) is 48.4 Å². The first-order valence-electron chi connectivity index (χ1n) is 9.74. The topological polar surface area (TPSA) is 115 Å². The molecule has 1 saturated heterocycles. The zero-order valence-corrected chi connectivity index (χ0v) is 15.9. The molecule has 5 rings (SSSR count). The van der Waals surface area contributed by atoms with E-state index in [1.807, 2.05) is 35.0 Å². The molecule has 0 unspecified atom stereocenters. The van der Waals surface area contributed by atoms with Crippen LogP contribution in [0.15, 0.2) is 47.1 Å². The van der Waals surface area contributed by atoms with Crippen molar-refractivity contribution in [1.29, 1.82) is 0 Å². The number of hydrogen-bond donors (Lipinski definition) is 3. The van der Waals surface area contributed by atoms with Gasteiger partial charge in [0.15, 0.2) is 5.58 Å². The molecule has 0 radical (unpaired) electrons. The van der Waals surface area contributed by atoms with Gasteiger partial charge in [-0.1, -0.05) is 12.1 Å². The molecule has 4 heterocycles. The van der Waals surface area contributed by atoms with Gasteiger partial charge in [0, 0.05) is 17.3 Å². The Kier molecular flexibility index (Phi) is 4.49. The molecule has 0 bridgehead atoms. The molecule has 8 nitrogen and oxygen atoms in total.